The zero-order chi connectivity index (χ0) is 15.2. The lowest BCUT2D eigenvalue weighted by molar-refractivity contribution is -0.144. The Labute approximate surface area is 123 Å². The molecule has 0 radical (unpaired) electrons. The Bertz CT molecular complexity index is 605. The summed E-state index contributed by atoms with van der Waals surface area (Å²) in [5, 5.41) is 0. The van der Waals surface area contributed by atoms with Gasteiger partial charge in [0.1, 0.15) is 0 Å². The number of carbonyl (C=O) groups excluding carboxylic acids is 3. The Morgan fingerprint density at radius 2 is 1.24 bits per heavy atom. The number of hydrogen-bond acceptors (Lipinski definition) is 3. The Kier molecular flexibility index (Phi) is 4.77. The minimum absolute atomic E-state index is 0.0425. The molecule has 3 nitrogen and oxygen atoms in total. The second-order valence-corrected chi connectivity index (χ2v) is 4.72. The third-order valence-electron chi connectivity index (χ3n) is 3.33. The molecular weight excluding hydrogens is 264 g/mol. The molecule has 0 aliphatic rings. The van der Waals surface area contributed by atoms with Crippen LogP contribution in [0, 0.1) is 0 Å². The second kappa shape index (κ2) is 6.75. The Morgan fingerprint density at radius 3 is 1.62 bits per heavy atom. The summed E-state index contributed by atoms with van der Waals surface area (Å²) in [6, 6.07) is 18.1. The minimum atomic E-state index is -0.921. The van der Waals surface area contributed by atoms with Crippen molar-refractivity contribution in [2.24, 2.45) is 0 Å². The lowest BCUT2D eigenvalue weighted by Gasteiger charge is -2.15. The first-order valence-corrected chi connectivity index (χ1v) is 6.86. The summed E-state index contributed by atoms with van der Waals surface area (Å²) in [6.07, 6.45) is 0.0425. The first-order chi connectivity index (χ1) is 10.1. The second-order valence-electron chi connectivity index (χ2n) is 4.72. The molecule has 0 atom stereocenters. The van der Waals surface area contributed by atoms with Crippen LogP contribution in [0.4, 0.5) is 0 Å². The fraction of sp³-hybridized carbons (Fsp3) is 0.167. The van der Waals surface area contributed by atoms with Crippen molar-refractivity contribution in [3.63, 3.8) is 0 Å². The molecule has 0 unspecified atom stereocenters. The quantitative estimate of drug-likeness (QED) is 0.604. The molecule has 3 heteroatoms. The maximum Gasteiger partial charge on any atom is 0.265 e. The van der Waals surface area contributed by atoms with E-state index in [1.165, 1.54) is 0 Å². The summed E-state index contributed by atoms with van der Waals surface area (Å²) in [5.41, 5.74) is 1.43. The molecule has 2 rings (SSSR count). The molecule has 0 aromatic heterocycles. The maximum atomic E-state index is 12.5. The Morgan fingerprint density at radius 1 is 0.810 bits per heavy atom. The molecule has 106 valence electrons. The molecule has 21 heavy (non-hydrogen) atoms. The molecule has 0 fully saturated rings. The summed E-state index contributed by atoms with van der Waals surface area (Å²) in [5.74, 6) is -2.96. The monoisotopic (exact) mass is 280 g/mol. The van der Waals surface area contributed by atoms with E-state index in [2.05, 4.69) is 0 Å². The molecule has 0 aliphatic heterocycles. The molecular formula is C18H16O3. The van der Waals surface area contributed by atoms with Crippen molar-refractivity contribution in [2.45, 2.75) is 19.3 Å². The number of Topliss-reactive ketones (excluding diaryl/α,β-unsaturated/α-hetero) is 3. The number of rotatable bonds is 6. The maximum absolute atomic E-state index is 12.5. The van der Waals surface area contributed by atoms with Crippen LogP contribution in [-0.4, -0.2) is 17.3 Å². The number of ketones is 3. The van der Waals surface area contributed by atoms with E-state index in [-0.39, 0.29) is 6.42 Å². The lowest BCUT2D eigenvalue weighted by atomic mass is 9.85. The van der Waals surface area contributed by atoms with E-state index in [1.54, 1.807) is 31.2 Å². The smallest absolute Gasteiger partial charge is 0.265 e. The minimum Gasteiger partial charge on any atom is -0.290 e. The van der Waals surface area contributed by atoms with Gasteiger partial charge in [-0.25, -0.2) is 0 Å². The zero-order valence-electron chi connectivity index (χ0n) is 11.8. The number of benzene rings is 2. The van der Waals surface area contributed by atoms with Crippen molar-refractivity contribution in [3.8, 4) is 0 Å². The van der Waals surface area contributed by atoms with Crippen LogP contribution in [0.1, 0.15) is 30.4 Å². The highest BCUT2D eigenvalue weighted by atomic mass is 16.2. The van der Waals surface area contributed by atoms with E-state index in [4.69, 9.17) is 0 Å². The van der Waals surface area contributed by atoms with Gasteiger partial charge in [0.15, 0.2) is 0 Å². The van der Waals surface area contributed by atoms with Crippen LogP contribution in [0.25, 0.3) is 0 Å². The third-order valence-corrected chi connectivity index (χ3v) is 3.33. The van der Waals surface area contributed by atoms with Gasteiger partial charge in [0, 0.05) is 6.42 Å². The standard InChI is InChI=1S/C18H16O3/c1-2-15(19)17(20)18(21)16(13-9-5-3-6-10-13)14-11-7-4-8-12-14/h3-12,16H,2H2,1H3. The highest BCUT2D eigenvalue weighted by molar-refractivity contribution is 6.65. The van der Waals surface area contributed by atoms with Gasteiger partial charge in [-0.05, 0) is 11.1 Å². The summed E-state index contributed by atoms with van der Waals surface area (Å²) >= 11 is 0. The summed E-state index contributed by atoms with van der Waals surface area (Å²) in [6.45, 7) is 1.58. The topological polar surface area (TPSA) is 51.2 Å². The highest BCUT2D eigenvalue weighted by Crippen LogP contribution is 2.26. The van der Waals surface area contributed by atoms with Crippen LogP contribution in [0.3, 0.4) is 0 Å². The molecule has 0 spiro atoms. The van der Waals surface area contributed by atoms with Gasteiger partial charge in [-0.1, -0.05) is 67.6 Å². The van der Waals surface area contributed by atoms with E-state index in [0.29, 0.717) is 11.1 Å². The van der Waals surface area contributed by atoms with E-state index in [9.17, 15) is 14.4 Å². The van der Waals surface area contributed by atoms with Gasteiger partial charge in [-0.3, -0.25) is 14.4 Å². The van der Waals surface area contributed by atoms with Crippen molar-refractivity contribution < 1.29 is 14.4 Å². The SMILES string of the molecule is CCC(=O)C(=O)C(=O)C(c1ccccc1)c1ccccc1. The summed E-state index contributed by atoms with van der Waals surface area (Å²) < 4.78 is 0. The van der Waals surface area contributed by atoms with Crippen LogP contribution in [-0.2, 0) is 14.4 Å². The van der Waals surface area contributed by atoms with Crippen molar-refractivity contribution >= 4 is 17.3 Å². The fourth-order valence-electron chi connectivity index (χ4n) is 2.22. The van der Waals surface area contributed by atoms with Crippen molar-refractivity contribution in [3.05, 3.63) is 71.8 Å². The van der Waals surface area contributed by atoms with Gasteiger partial charge in [0.2, 0.25) is 11.6 Å². The summed E-state index contributed by atoms with van der Waals surface area (Å²) in [7, 11) is 0. The highest BCUT2D eigenvalue weighted by Gasteiger charge is 2.31. The first-order valence-electron chi connectivity index (χ1n) is 6.86. The van der Waals surface area contributed by atoms with E-state index < -0.39 is 23.3 Å². The van der Waals surface area contributed by atoms with Gasteiger partial charge < -0.3 is 0 Å². The molecule has 0 saturated heterocycles. The van der Waals surface area contributed by atoms with Gasteiger partial charge in [-0.15, -0.1) is 0 Å². The van der Waals surface area contributed by atoms with Gasteiger partial charge in [-0.2, -0.15) is 0 Å². The van der Waals surface area contributed by atoms with E-state index in [0.717, 1.165) is 0 Å². The van der Waals surface area contributed by atoms with Gasteiger partial charge in [0.25, 0.3) is 5.78 Å². The molecule has 0 aliphatic carbocycles. The van der Waals surface area contributed by atoms with Crippen LogP contribution < -0.4 is 0 Å². The molecule has 2 aromatic carbocycles. The van der Waals surface area contributed by atoms with Crippen molar-refractivity contribution in [1.29, 1.82) is 0 Å². The zero-order valence-corrected chi connectivity index (χ0v) is 11.8. The van der Waals surface area contributed by atoms with E-state index in [1.807, 2.05) is 36.4 Å². The van der Waals surface area contributed by atoms with E-state index >= 15 is 0 Å². The van der Waals surface area contributed by atoms with Crippen LogP contribution >= 0.6 is 0 Å². The average Bonchev–Trinajstić information content (AvgIpc) is 2.55. The average molecular weight is 280 g/mol. The predicted molar refractivity (Wildman–Crippen MR) is 80.0 cm³/mol. The lowest BCUT2D eigenvalue weighted by Crippen LogP contribution is -2.29. The van der Waals surface area contributed by atoms with Crippen LogP contribution in [0.2, 0.25) is 0 Å². The summed E-state index contributed by atoms with van der Waals surface area (Å²) in [4.78, 5) is 36.0. The normalized spacial score (nSPS) is 10.4. The van der Waals surface area contributed by atoms with Crippen LogP contribution in [0.5, 0.6) is 0 Å². The van der Waals surface area contributed by atoms with Crippen LogP contribution in [0.15, 0.2) is 60.7 Å². The molecule has 0 saturated carbocycles. The molecule has 0 heterocycles. The number of hydrogen-bond donors (Lipinski definition) is 0. The number of carbonyl (C=O) groups is 3. The molecule has 2 aromatic rings. The first kappa shape index (κ1) is 14.9. The Balaban J connectivity index is 2.45. The van der Waals surface area contributed by atoms with Gasteiger partial charge >= 0.3 is 0 Å². The van der Waals surface area contributed by atoms with Gasteiger partial charge in [0.05, 0.1) is 5.92 Å². The fourth-order valence-corrected chi connectivity index (χ4v) is 2.22. The predicted octanol–water partition coefficient (Wildman–Crippen LogP) is 2.94. The molecule has 0 N–H and O–H groups in total. The molecule has 0 bridgehead atoms. The molecule has 0 amide bonds. The third kappa shape index (κ3) is 3.31. The Hall–Kier alpha value is -2.55. The van der Waals surface area contributed by atoms with Crippen molar-refractivity contribution in [1.82, 2.24) is 0 Å². The largest absolute Gasteiger partial charge is 0.290 e. The van der Waals surface area contributed by atoms with Crippen molar-refractivity contribution in [2.75, 3.05) is 0 Å².